The molecule has 0 bridgehead atoms. The lowest BCUT2D eigenvalue weighted by Crippen LogP contribution is -2.48. The lowest BCUT2D eigenvalue weighted by Gasteiger charge is -2.25. The summed E-state index contributed by atoms with van der Waals surface area (Å²) in [5.41, 5.74) is 6.61. The van der Waals surface area contributed by atoms with Gasteiger partial charge in [0.05, 0.1) is 19.9 Å². The van der Waals surface area contributed by atoms with Crippen LogP contribution in [0.25, 0.3) is 5.70 Å². The summed E-state index contributed by atoms with van der Waals surface area (Å²) in [6.07, 6.45) is -0.754. The van der Waals surface area contributed by atoms with Crippen LogP contribution < -0.4 is 29.8 Å². The summed E-state index contributed by atoms with van der Waals surface area (Å²) < 4.78 is 21.7. The molecule has 0 aromatic heterocycles. The molecule has 0 radical (unpaired) electrons. The summed E-state index contributed by atoms with van der Waals surface area (Å²) >= 11 is 0. The lowest BCUT2D eigenvalue weighted by molar-refractivity contribution is -0.131. The molecule has 2 aromatic rings. The fraction of sp³-hybridized carbons (Fsp3) is 0.211. The van der Waals surface area contributed by atoms with Gasteiger partial charge in [0.15, 0.2) is 23.0 Å². The Hall–Kier alpha value is -3.35. The van der Waals surface area contributed by atoms with Gasteiger partial charge in [-0.1, -0.05) is 18.7 Å². The second-order valence-corrected chi connectivity index (χ2v) is 5.53. The van der Waals surface area contributed by atoms with Gasteiger partial charge in [0.25, 0.3) is 5.91 Å². The van der Waals surface area contributed by atoms with Crippen molar-refractivity contribution in [2.45, 2.75) is 6.10 Å². The molecular formula is C19H20N2O5. The van der Waals surface area contributed by atoms with E-state index in [9.17, 15) is 4.79 Å². The van der Waals surface area contributed by atoms with E-state index in [4.69, 9.17) is 18.9 Å². The topological polar surface area (TPSA) is 78.1 Å². The first-order valence-corrected chi connectivity index (χ1v) is 7.98. The minimum absolute atomic E-state index is 0.132. The van der Waals surface area contributed by atoms with Crippen LogP contribution >= 0.6 is 0 Å². The minimum Gasteiger partial charge on any atom is -0.493 e. The molecule has 1 amide bonds. The van der Waals surface area contributed by atoms with E-state index in [-0.39, 0.29) is 12.5 Å². The number of carbonyl (C=O) groups excluding carboxylic acids is 1. The maximum atomic E-state index is 12.3. The molecule has 0 spiro atoms. The molecule has 0 saturated heterocycles. The van der Waals surface area contributed by atoms with Gasteiger partial charge in [-0.15, -0.1) is 0 Å². The van der Waals surface area contributed by atoms with Gasteiger partial charge in [0.2, 0.25) is 6.10 Å². The summed E-state index contributed by atoms with van der Waals surface area (Å²) in [5.74, 6) is 1.98. The number of hydrogen-bond acceptors (Lipinski definition) is 6. The van der Waals surface area contributed by atoms with Crippen molar-refractivity contribution >= 4 is 11.6 Å². The molecule has 26 heavy (non-hydrogen) atoms. The highest BCUT2D eigenvalue weighted by molar-refractivity contribution is 5.82. The zero-order valence-corrected chi connectivity index (χ0v) is 14.6. The van der Waals surface area contributed by atoms with Crippen LogP contribution in [0.5, 0.6) is 23.0 Å². The average Bonchev–Trinajstić information content (AvgIpc) is 2.70. The van der Waals surface area contributed by atoms with Crippen molar-refractivity contribution in [2.75, 3.05) is 20.8 Å². The molecule has 3 rings (SSSR count). The minimum atomic E-state index is -0.754. The van der Waals surface area contributed by atoms with Crippen molar-refractivity contribution in [3.63, 3.8) is 0 Å². The number of methoxy groups -OCH3 is 2. The van der Waals surface area contributed by atoms with Crippen molar-refractivity contribution < 1.29 is 23.7 Å². The van der Waals surface area contributed by atoms with Crippen LogP contribution in [0.2, 0.25) is 0 Å². The number of para-hydroxylation sites is 2. The summed E-state index contributed by atoms with van der Waals surface area (Å²) in [6.45, 7) is 4.05. The second kappa shape index (κ2) is 7.69. The first-order chi connectivity index (χ1) is 12.6. The number of fused-ring (bicyclic) bond motifs is 1. The summed E-state index contributed by atoms with van der Waals surface area (Å²) in [7, 11) is 3.12. The van der Waals surface area contributed by atoms with Crippen LogP contribution in [-0.4, -0.2) is 32.8 Å². The largest absolute Gasteiger partial charge is 0.493 e. The third-order valence-corrected chi connectivity index (χ3v) is 3.87. The highest BCUT2D eigenvalue weighted by Gasteiger charge is 2.27. The van der Waals surface area contributed by atoms with Crippen molar-refractivity contribution in [1.82, 2.24) is 10.9 Å². The maximum absolute atomic E-state index is 12.3. The van der Waals surface area contributed by atoms with E-state index in [1.54, 1.807) is 44.6 Å². The van der Waals surface area contributed by atoms with Gasteiger partial charge < -0.3 is 18.9 Å². The lowest BCUT2D eigenvalue weighted by atomic mass is 10.1. The quantitative estimate of drug-likeness (QED) is 0.772. The number of rotatable bonds is 6. The number of hydrazine groups is 1. The fourth-order valence-electron chi connectivity index (χ4n) is 2.46. The predicted molar refractivity (Wildman–Crippen MR) is 96.2 cm³/mol. The molecule has 1 aliphatic rings. The number of ether oxygens (including phenoxy) is 4. The smallest absolute Gasteiger partial charge is 0.282 e. The van der Waals surface area contributed by atoms with E-state index in [0.717, 1.165) is 5.56 Å². The summed E-state index contributed by atoms with van der Waals surface area (Å²) in [6, 6.07) is 12.5. The van der Waals surface area contributed by atoms with Gasteiger partial charge in [-0.05, 0) is 30.3 Å². The molecule has 1 heterocycles. The Kier molecular flexibility index (Phi) is 5.17. The molecule has 0 aliphatic carbocycles. The van der Waals surface area contributed by atoms with Gasteiger partial charge in [0, 0.05) is 5.56 Å². The molecule has 136 valence electrons. The standard InChI is InChI=1S/C19H20N2O5/c1-12(13-8-9-14(23-2)17(10-13)24-3)20-21-19(22)18-11-25-15-6-4-5-7-16(15)26-18/h4-10,18,20H,1,11H2,2-3H3,(H,21,22)/t18-/m1/s1. The van der Waals surface area contributed by atoms with Crippen LogP contribution in [0.1, 0.15) is 5.56 Å². The normalized spacial score (nSPS) is 14.9. The number of amides is 1. The molecule has 0 fully saturated rings. The van der Waals surface area contributed by atoms with E-state index < -0.39 is 6.10 Å². The van der Waals surface area contributed by atoms with Crippen LogP contribution in [0.15, 0.2) is 49.0 Å². The van der Waals surface area contributed by atoms with E-state index in [1.807, 2.05) is 12.1 Å². The summed E-state index contributed by atoms with van der Waals surface area (Å²) in [4.78, 5) is 12.3. The number of carbonyl (C=O) groups is 1. The van der Waals surface area contributed by atoms with E-state index in [0.29, 0.717) is 28.7 Å². The summed E-state index contributed by atoms with van der Waals surface area (Å²) in [5, 5.41) is 0. The Bertz CT molecular complexity index is 821. The third kappa shape index (κ3) is 3.66. The van der Waals surface area contributed by atoms with Gasteiger partial charge >= 0.3 is 0 Å². The van der Waals surface area contributed by atoms with Crippen LogP contribution in [0.3, 0.4) is 0 Å². The Morgan fingerprint density at radius 3 is 2.54 bits per heavy atom. The van der Waals surface area contributed by atoms with E-state index >= 15 is 0 Å². The van der Waals surface area contributed by atoms with Crippen molar-refractivity contribution in [1.29, 1.82) is 0 Å². The third-order valence-electron chi connectivity index (χ3n) is 3.87. The van der Waals surface area contributed by atoms with Crippen molar-refractivity contribution in [2.24, 2.45) is 0 Å². The maximum Gasteiger partial charge on any atom is 0.282 e. The molecule has 1 atom stereocenters. The first kappa shape index (κ1) is 17.5. The van der Waals surface area contributed by atoms with E-state index in [1.165, 1.54) is 0 Å². The van der Waals surface area contributed by atoms with Crippen LogP contribution in [0, 0.1) is 0 Å². The fourth-order valence-corrected chi connectivity index (χ4v) is 2.46. The van der Waals surface area contributed by atoms with Crippen LogP contribution in [-0.2, 0) is 4.79 Å². The van der Waals surface area contributed by atoms with Gasteiger partial charge in [-0.25, -0.2) is 0 Å². The predicted octanol–water partition coefficient (Wildman–Crippen LogP) is 2.14. The van der Waals surface area contributed by atoms with Gasteiger partial charge in [-0.2, -0.15) is 0 Å². The highest BCUT2D eigenvalue weighted by atomic mass is 16.6. The molecule has 7 nitrogen and oxygen atoms in total. The Labute approximate surface area is 151 Å². The molecule has 2 aromatic carbocycles. The molecule has 7 heteroatoms. The van der Waals surface area contributed by atoms with Crippen molar-refractivity contribution in [3.8, 4) is 23.0 Å². The van der Waals surface area contributed by atoms with Gasteiger partial charge in [0.1, 0.15) is 6.61 Å². The van der Waals surface area contributed by atoms with Crippen LogP contribution in [0.4, 0.5) is 0 Å². The van der Waals surface area contributed by atoms with Crippen molar-refractivity contribution in [3.05, 3.63) is 54.6 Å². The zero-order chi connectivity index (χ0) is 18.5. The SMILES string of the molecule is C=C(NNC(=O)[C@H]1COc2ccccc2O1)c1ccc(OC)c(OC)c1. The van der Waals surface area contributed by atoms with Gasteiger partial charge in [-0.3, -0.25) is 15.6 Å². The molecule has 0 saturated carbocycles. The number of benzene rings is 2. The molecule has 1 aliphatic heterocycles. The Morgan fingerprint density at radius 2 is 1.81 bits per heavy atom. The highest BCUT2D eigenvalue weighted by Crippen LogP contribution is 2.31. The Morgan fingerprint density at radius 1 is 1.08 bits per heavy atom. The zero-order valence-electron chi connectivity index (χ0n) is 14.6. The van der Waals surface area contributed by atoms with E-state index in [2.05, 4.69) is 17.4 Å². The molecule has 0 unspecified atom stereocenters. The molecular weight excluding hydrogens is 336 g/mol. The average molecular weight is 356 g/mol. The number of hydrogen-bond donors (Lipinski definition) is 2. The molecule has 2 N–H and O–H groups in total. The Balaban J connectivity index is 1.59. The number of nitrogens with one attached hydrogen (secondary N) is 2. The monoisotopic (exact) mass is 356 g/mol. The first-order valence-electron chi connectivity index (χ1n) is 7.98. The second-order valence-electron chi connectivity index (χ2n) is 5.53.